The summed E-state index contributed by atoms with van der Waals surface area (Å²) in [5.74, 6) is -0.764. The van der Waals surface area contributed by atoms with Crippen LogP contribution in [-0.4, -0.2) is 43.8 Å². The van der Waals surface area contributed by atoms with Crippen LogP contribution in [0.4, 0.5) is 5.69 Å². The summed E-state index contributed by atoms with van der Waals surface area (Å²) in [6.45, 7) is 9.14. The molecule has 3 rings (SSSR count). The minimum Gasteiger partial charge on any atom is -0.352 e. The number of carbonyl (C=O) groups excluding carboxylic acids is 2. The first-order valence-corrected chi connectivity index (χ1v) is 15.3. The molecule has 0 aliphatic carbocycles. The van der Waals surface area contributed by atoms with Crippen molar-refractivity contribution in [3.8, 4) is 0 Å². The third kappa shape index (κ3) is 7.43. The van der Waals surface area contributed by atoms with E-state index in [2.05, 4.69) is 5.32 Å². The zero-order valence-corrected chi connectivity index (χ0v) is 25.3. The van der Waals surface area contributed by atoms with Crippen molar-refractivity contribution in [2.24, 2.45) is 0 Å². The van der Waals surface area contributed by atoms with Crippen molar-refractivity contribution in [3.63, 3.8) is 0 Å². The fourth-order valence-electron chi connectivity index (χ4n) is 4.32. The second-order valence-corrected chi connectivity index (χ2v) is 12.2. The molecule has 9 heteroatoms. The number of benzene rings is 3. The minimum absolute atomic E-state index is 0.0477. The number of hydrogen-bond acceptors (Lipinski definition) is 4. The predicted molar refractivity (Wildman–Crippen MR) is 161 cm³/mol. The van der Waals surface area contributed by atoms with E-state index in [1.54, 1.807) is 36.4 Å². The highest BCUT2D eigenvalue weighted by molar-refractivity contribution is 7.92. The van der Waals surface area contributed by atoms with Crippen LogP contribution in [0, 0.1) is 13.8 Å². The van der Waals surface area contributed by atoms with Crippen LogP contribution in [0.25, 0.3) is 0 Å². The molecule has 0 aliphatic rings. The highest BCUT2D eigenvalue weighted by Gasteiger charge is 2.34. The summed E-state index contributed by atoms with van der Waals surface area (Å²) in [7, 11) is -4.14. The Morgan fingerprint density at radius 3 is 2.15 bits per heavy atom. The third-order valence-corrected chi connectivity index (χ3v) is 9.24. The van der Waals surface area contributed by atoms with Gasteiger partial charge in [0.25, 0.3) is 10.0 Å². The van der Waals surface area contributed by atoms with Gasteiger partial charge in [0.05, 0.1) is 10.6 Å². The van der Waals surface area contributed by atoms with Crippen LogP contribution in [0.15, 0.2) is 77.7 Å². The van der Waals surface area contributed by atoms with Gasteiger partial charge in [0.15, 0.2) is 0 Å². The molecule has 7 nitrogen and oxygen atoms in total. The van der Waals surface area contributed by atoms with Gasteiger partial charge in [-0.15, -0.1) is 0 Å². The molecule has 40 heavy (non-hydrogen) atoms. The van der Waals surface area contributed by atoms with Crippen LogP contribution in [0.3, 0.4) is 0 Å². The Kier molecular flexibility index (Phi) is 10.8. The summed E-state index contributed by atoms with van der Waals surface area (Å²) in [6.07, 6.45) is 1.10. The zero-order valence-electron chi connectivity index (χ0n) is 23.7. The van der Waals surface area contributed by atoms with Crippen LogP contribution < -0.4 is 9.62 Å². The molecule has 0 spiro atoms. The third-order valence-electron chi connectivity index (χ3n) is 7.04. The largest absolute Gasteiger partial charge is 0.352 e. The maximum Gasteiger partial charge on any atom is 0.264 e. The minimum atomic E-state index is -4.14. The Morgan fingerprint density at radius 2 is 1.55 bits per heavy atom. The van der Waals surface area contributed by atoms with E-state index in [1.165, 1.54) is 17.0 Å². The van der Waals surface area contributed by atoms with E-state index >= 15 is 0 Å². The molecule has 0 heterocycles. The van der Waals surface area contributed by atoms with Crippen LogP contribution in [-0.2, 0) is 26.2 Å². The summed E-state index contributed by atoms with van der Waals surface area (Å²) in [6, 6.07) is 19.6. The lowest BCUT2D eigenvalue weighted by molar-refractivity contribution is -0.140. The van der Waals surface area contributed by atoms with Crippen LogP contribution >= 0.6 is 11.6 Å². The lowest BCUT2D eigenvalue weighted by atomic mass is 10.1. The van der Waals surface area contributed by atoms with Crippen LogP contribution in [0.5, 0.6) is 0 Å². The maximum absolute atomic E-state index is 14.1. The molecule has 2 atom stereocenters. The van der Waals surface area contributed by atoms with E-state index in [0.717, 1.165) is 27.4 Å². The van der Waals surface area contributed by atoms with Gasteiger partial charge in [0.1, 0.15) is 12.6 Å². The summed E-state index contributed by atoms with van der Waals surface area (Å²) in [5.41, 5.74) is 2.89. The second-order valence-electron chi connectivity index (χ2n) is 9.95. The number of hydrogen-bond donors (Lipinski definition) is 1. The Bertz CT molecular complexity index is 1430. The van der Waals surface area contributed by atoms with Gasteiger partial charge >= 0.3 is 0 Å². The molecule has 0 unspecified atom stereocenters. The molecule has 0 radical (unpaired) electrons. The predicted octanol–water partition coefficient (Wildman–Crippen LogP) is 5.87. The molecule has 2 amide bonds. The summed E-state index contributed by atoms with van der Waals surface area (Å²) < 4.78 is 28.8. The molecule has 0 aromatic heterocycles. The molecule has 0 aliphatic heterocycles. The highest BCUT2D eigenvalue weighted by Crippen LogP contribution is 2.29. The monoisotopic (exact) mass is 583 g/mol. The average molecular weight is 584 g/mol. The van der Waals surface area contributed by atoms with Crippen molar-refractivity contribution in [2.75, 3.05) is 10.8 Å². The first kappa shape index (κ1) is 31.2. The summed E-state index contributed by atoms with van der Waals surface area (Å²) in [4.78, 5) is 29.0. The fourth-order valence-corrected chi connectivity index (χ4v) is 5.92. The topological polar surface area (TPSA) is 86.8 Å². The van der Waals surface area contributed by atoms with Crippen molar-refractivity contribution in [1.82, 2.24) is 10.2 Å². The molecule has 3 aromatic rings. The lowest BCUT2D eigenvalue weighted by Gasteiger charge is -2.34. The molecule has 214 valence electrons. The van der Waals surface area contributed by atoms with Gasteiger partial charge in [0.2, 0.25) is 11.8 Å². The van der Waals surface area contributed by atoms with Gasteiger partial charge in [-0.2, -0.15) is 0 Å². The molecule has 0 saturated heterocycles. The second kappa shape index (κ2) is 13.8. The van der Waals surface area contributed by atoms with Gasteiger partial charge in [0, 0.05) is 17.6 Å². The maximum atomic E-state index is 14.1. The molecular weight excluding hydrogens is 546 g/mol. The first-order valence-electron chi connectivity index (χ1n) is 13.5. The van der Waals surface area contributed by atoms with Crippen LogP contribution in [0.1, 0.15) is 50.3 Å². The number of rotatable bonds is 12. The summed E-state index contributed by atoms with van der Waals surface area (Å²) in [5, 5.41) is 3.37. The Balaban J connectivity index is 2.08. The SMILES string of the molecule is CC[C@H](C)NC(=O)[C@H](CC)N(Cc1ccccc1C)C(=O)CN(c1ccc(C)c(Cl)c1)S(=O)(=O)c1ccccc1. The van der Waals surface area contributed by atoms with Gasteiger partial charge < -0.3 is 10.2 Å². The molecule has 0 saturated carbocycles. The molecule has 3 aromatic carbocycles. The Morgan fingerprint density at radius 1 is 0.900 bits per heavy atom. The quantitative estimate of drug-likeness (QED) is 0.289. The van der Waals surface area contributed by atoms with Crippen molar-refractivity contribution >= 4 is 39.1 Å². The zero-order chi connectivity index (χ0) is 29.4. The number of nitrogens with zero attached hydrogens (tertiary/aromatic N) is 2. The Labute approximate surface area is 243 Å². The number of amides is 2. The number of halogens is 1. The number of nitrogens with one attached hydrogen (secondary N) is 1. The molecule has 0 fully saturated rings. The Hall–Kier alpha value is -3.36. The molecule has 0 bridgehead atoms. The van der Waals surface area contributed by atoms with Crippen LogP contribution in [0.2, 0.25) is 5.02 Å². The fraction of sp³-hybridized carbons (Fsp3) is 0.355. The van der Waals surface area contributed by atoms with E-state index < -0.39 is 28.5 Å². The first-order chi connectivity index (χ1) is 19.0. The summed E-state index contributed by atoms with van der Waals surface area (Å²) >= 11 is 6.38. The normalized spacial score (nSPS) is 12.8. The lowest BCUT2D eigenvalue weighted by Crippen LogP contribution is -2.53. The van der Waals surface area contributed by atoms with Crippen molar-refractivity contribution < 1.29 is 18.0 Å². The van der Waals surface area contributed by atoms with Gasteiger partial charge in [-0.1, -0.05) is 74.0 Å². The molecular formula is C31H38ClN3O4S. The van der Waals surface area contributed by atoms with E-state index in [-0.39, 0.29) is 29.1 Å². The van der Waals surface area contributed by atoms with E-state index in [1.807, 2.05) is 58.9 Å². The van der Waals surface area contributed by atoms with Gasteiger partial charge in [-0.3, -0.25) is 13.9 Å². The number of aryl methyl sites for hydroxylation is 2. The highest BCUT2D eigenvalue weighted by atomic mass is 35.5. The van der Waals surface area contributed by atoms with Crippen molar-refractivity contribution in [2.45, 2.75) is 71.0 Å². The average Bonchev–Trinajstić information content (AvgIpc) is 2.94. The van der Waals surface area contributed by atoms with Gasteiger partial charge in [-0.25, -0.2) is 8.42 Å². The van der Waals surface area contributed by atoms with E-state index in [0.29, 0.717) is 11.4 Å². The standard InChI is InChI=1S/C31H38ClN3O4S/c1-6-24(5)33-31(37)29(7-2)34(20-25-14-12-11-13-22(25)3)30(36)21-35(26-18-17-23(4)28(32)19-26)40(38,39)27-15-9-8-10-16-27/h8-19,24,29H,6-7,20-21H2,1-5H3,(H,33,37)/t24-,29-/m0/s1. The number of sulfonamides is 1. The van der Waals surface area contributed by atoms with E-state index in [9.17, 15) is 18.0 Å². The smallest absolute Gasteiger partial charge is 0.264 e. The van der Waals surface area contributed by atoms with E-state index in [4.69, 9.17) is 11.6 Å². The van der Waals surface area contributed by atoms with Gasteiger partial charge in [-0.05, 0) is 74.6 Å². The number of anilines is 1. The van der Waals surface area contributed by atoms with Crippen molar-refractivity contribution in [1.29, 1.82) is 0 Å². The number of carbonyl (C=O) groups is 2. The molecule has 1 N–H and O–H groups in total. The van der Waals surface area contributed by atoms with Crippen molar-refractivity contribution in [3.05, 3.63) is 94.5 Å².